The van der Waals surface area contributed by atoms with E-state index in [1.165, 1.54) is 4.31 Å². The molecule has 3 saturated carbocycles. The molecule has 2 saturated heterocycles. The van der Waals surface area contributed by atoms with Gasteiger partial charge in [0.1, 0.15) is 0 Å². The van der Waals surface area contributed by atoms with Crippen molar-refractivity contribution in [2.45, 2.75) is 111 Å². The Morgan fingerprint density at radius 1 is 0.743 bits per heavy atom. The standard InChI is InChI=1S/C23H36F3NO6S2/c24-23(25,26)18-3-1-2-4-22(18)35(30,31)27-10-9-15-13-16(5-7-19(15)27)34(28,29)17-6-8-20-21(14-17)33-12-11-32-20/h15-22H,1-14H2. The molecule has 0 bridgehead atoms. The molecule has 2 heterocycles. The Hall–Kier alpha value is -0.430. The van der Waals surface area contributed by atoms with E-state index >= 15 is 0 Å². The number of rotatable bonds is 4. The van der Waals surface area contributed by atoms with Crippen LogP contribution in [0.25, 0.3) is 0 Å². The zero-order chi connectivity index (χ0) is 25.0. The molecule has 0 aromatic heterocycles. The van der Waals surface area contributed by atoms with Crippen LogP contribution in [0, 0.1) is 11.8 Å². The second kappa shape index (κ2) is 9.71. The third-order valence-electron chi connectivity index (χ3n) is 9.18. The van der Waals surface area contributed by atoms with Gasteiger partial charge in [-0.25, -0.2) is 16.8 Å². The van der Waals surface area contributed by atoms with Gasteiger partial charge >= 0.3 is 6.18 Å². The summed E-state index contributed by atoms with van der Waals surface area (Å²) in [6, 6.07) is -0.395. The Balaban J connectivity index is 1.26. The zero-order valence-electron chi connectivity index (χ0n) is 19.9. The first-order valence-corrected chi connectivity index (χ1v) is 16.1. The quantitative estimate of drug-likeness (QED) is 0.540. The van der Waals surface area contributed by atoms with Gasteiger partial charge < -0.3 is 9.47 Å². The van der Waals surface area contributed by atoms with Crippen LogP contribution in [0.3, 0.4) is 0 Å². The van der Waals surface area contributed by atoms with Crippen molar-refractivity contribution in [2.24, 2.45) is 11.8 Å². The van der Waals surface area contributed by atoms with Gasteiger partial charge in [-0.2, -0.15) is 17.5 Å². The average Bonchev–Trinajstić information content (AvgIpc) is 3.27. The molecule has 5 fully saturated rings. The molecule has 35 heavy (non-hydrogen) atoms. The largest absolute Gasteiger partial charge is 0.393 e. The van der Waals surface area contributed by atoms with Crippen LogP contribution in [0.4, 0.5) is 13.2 Å². The number of hydrogen-bond donors (Lipinski definition) is 0. The van der Waals surface area contributed by atoms with E-state index in [-0.39, 0.29) is 37.5 Å². The molecule has 12 heteroatoms. The Labute approximate surface area is 206 Å². The summed E-state index contributed by atoms with van der Waals surface area (Å²) < 4.78 is 108. The average molecular weight is 544 g/mol. The molecule has 0 radical (unpaired) electrons. The first-order valence-electron chi connectivity index (χ1n) is 13.0. The predicted octanol–water partition coefficient (Wildman–Crippen LogP) is 3.43. The fourth-order valence-corrected chi connectivity index (χ4v) is 12.3. The summed E-state index contributed by atoms with van der Waals surface area (Å²) in [6.45, 7) is 1.19. The lowest BCUT2D eigenvalue weighted by molar-refractivity contribution is -0.180. The lowest BCUT2D eigenvalue weighted by Crippen LogP contribution is -2.52. The van der Waals surface area contributed by atoms with Crippen LogP contribution in [0.2, 0.25) is 0 Å². The molecule has 5 aliphatic rings. The van der Waals surface area contributed by atoms with E-state index in [0.717, 1.165) is 0 Å². The minimum absolute atomic E-state index is 0.0347. The molecule has 0 N–H and O–H groups in total. The summed E-state index contributed by atoms with van der Waals surface area (Å²) in [4.78, 5) is 0. The van der Waals surface area contributed by atoms with Gasteiger partial charge in [-0.1, -0.05) is 12.8 Å². The maximum absolute atomic E-state index is 13.6. The number of sulfonamides is 1. The van der Waals surface area contributed by atoms with Gasteiger partial charge in [0, 0.05) is 12.6 Å². The maximum atomic E-state index is 13.6. The number of fused-ring (bicyclic) bond motifs is 2. The fourth-order valence-electron chi connectivity index (χ4n) is 7.37. The van der Waals surface area contributed by atoms with E-state index in [4.69, 9.17) is 9.47 Å². The van der Waals surface area contributed by atoms with Gasteiger partial charge in [-0.15, -0.1) is 0 Å². The summed E-state index contributed by atoms with van der Waals surface area (Å²) in [5.74, 6) is -1.95. The minimum atomic E-state index is -4.53. The highest BCUT2D eigenvalue weighted by molar-refractivity contribution is 7.92. The molecule has 7 nitrogen and oxygen atoms in total. The summed E-state index contributed by atoms with van der Waals surface area (Å²) in [6.07, 6.45) is -0.759. The molecule has 0 aromatic rings. The van der Waals surface area contributed by atoms with Crippen molar-refractivity contribution in [2.75, 3.05) is 19.8 Å². The summed E-state index contributed by atoms with van der Waals surface area (Å²) in [7, 11) is -7.55. The van der Waals surface area contributed by atoms with Gasteiger partial charge in [0.05, 0.1) is 47.1 Å². The van der Waals surface area contributed by atoms with E-state index < -0.39 is 53.7 Å². The van der Waals surface area contributed by atoms with Crippen LogP contribution in [-0.2, 0) is 29.3 Å². The summed E-state index contributed by atoms with van der Waals surface area (Å²) >= 11 is 0. The second-order valence-corrected chi connectivity index (χ2v) is 15.6. The molecule has 0 amide bonds. The van der Waals surface area contributed by atoms with E-state index in [1.807, 2.05) is 0 Å². The van der Waals surface area contributed by atoms with Crippen LogP contribution >= 0.6 is 0 Å². The highest BCUT2D eigenvalue weighted by atomic mass is 32.2. The third-order valence-corrected chi connectivity index (χ3v) is 14.3. The number of ether oxygens (including phenoxy) is 2. The van der Waals surface area contributed by atoms with Gasteiger partial charge in [-0.3, -0.25) is 0 Å². The molecule has 8 unspecified atom stereocenters. The lowest BCUT2D eigenvalue weighted by Gasteiger charge is -2.42. The first-order chi connectivity index (χ1) is 16.5. The molecule has 2 aliphatic heterocycles. The summed E-state index contributed by atoms with van der Waals surface area (Å²) in [5.41, 5.74) is 0. The molecule has 8 atom stereocenters. The topological polar surface area (TPSA) is 90.0 Å². The number of nitrogens with zero attached hydrogens (tertiary/aromatic N) is 1. The van der Waals surface area contributed by atoms with Crippen molar-refractivity contribution in [3.05, 3.63) is 0 Å². The Kier molecular flexibility index (Phi) is 7.26. The predicted molar refractivity (Wildman–Crippen MR) is 123 cm³/mol. The zero-order valence-corrected chi connectivity index (χ0v) is 21.5. The van der Waals surface area contributed by atoms with Gasteiger partial charge in [-0.05, 0) is 63.7 Å². The highest BCUT2D eigenvalue weighted by Crippen LogP contribution is 2.46. The van der Waals surface area contributed by atoms with Crippen molar-refractivity contribution in [3.63, 3.8) is 0 Å². The van der Waals surface area contributed by atoms with Crippen LogP contribution in [-0.4, -0.2) is 81.1 Å². The number of alkyl halides is 3. The number of hydrogen-bond acceptors (Lipinski definition) is 6. The molecule has 5 rings (SSSR count). The lowest BCUT2D eigenvalue weighted by atomic mass is 9.85. The fraction of sp³-hybridized carbons (Fsp3) is 1.00. The van der Waals surface area contributed by atoms with Crippen molar-refractivity contribution in [1.29, 1.82) is 0 Å². The van der Waals surface area contributed by atoms with E-state index in [0.29, 0.717) is 71.0 Å². The first kappa shape index (κ1) is 26.2. The van der Waals surface area contributed by atoms with Gasteiger partial charge in [0.15, 0.2) is 9.84 Å². The normalized spacial score (nSPS) is 41.8. The van der Waals surface area contributed by atoms with E-state index in [1.54, 1.807) is 0 Å². The number of halogens is 3. The van der Waals surface area contributed by atoms with Crippen LogP contribution in [0.15, 0.2) is 0 Å². The second-order valence-electron chi connectivity index (χ2n) is 11.0. The van der Waals surface area contributed by atoms with Crippen LogP contribution in [0.5, 0.6) is 0 Å². The molecule has 0 spiro atoms. The van der Waals surface area contributed by atoms with Crippen molar-refractivity contribution in [1.82, 2.24) is 4.31 Å². The summed E-state index contributed by atoms with van der Waals surface area (Å²) in [5, 5.41) is -2.44. The van der Waals surface area contributed by atoms with Crippen molar-refractivity contribution >= 4 is 19.9 Å². The van der Waals surface area contributed by atoms with Gasteiger partial charge in [0.25, 0.3) is 0 Å². The van der Waals surface area contributed by atoms with E-state index in [2.05, 4.69) is 0 Å². The maximum Gasteiger partial charge on any atom is 0.393 e. The Morgan fingerprint density at radius 2 is 1.40 bits per heavy atom. The third kappa shape index (κ3) is 4.91. The molecular formula is C23H36F3NO6S2. The van der Waals surface area contributed by atoms with Crippen LogP contribution in [0.1, 0.15) is 70.6 Å². The van der Waals surface area contributed by atoms with E-state index in [9.17, 15) is 30.0 Å². The Morgan fingerprint density at radius 3 is 2.14 bits per heavy atom. The molecular weight excluding hydrogens is 507 g/mol. The highest BCUT2D eigenvalue weighted by Gasteiger charge is 2.55. The minimum Gasteiger partial charge on any atom is -0.373 e. The van der Waals surface area contributed by atoms with Crippen molar-refractivity contribution < 1.29 is 39.5 Å². The number of sulfone groups is 1. The molecule has 202 valence electrons. The SMILES string of the molecule is O=S(=O)(C1CCC2C(CCN2S(=O)(=O)C2CCCCC2C(F)(F)F)C1)C1CCC2OCCOC2C1. The monoisotopic (exact) mass is 543 g/mol. The van der Waals surface area contributed by atoms with Crippen molar-refractivity contribution in [3.8, 4) is 0 Å². The molecule has 0 aromatic carbocycles. The smallest absolute Gasteiger partial charge is 0.373 e. The Bertz CT molecular complexity index is 988. The molecule has 3 aliphatic carbocycles. The van der Waals surface area contributed by atoms with Crippen LogP contribution < -0.4 is 0 Å². The van der Waals surface area contributed by atoms with Gasteiger partial charge in [0.2, 0.25) is 10.0 Å².